The van der Waals surface area contributed by atoms with E-state index < -0.39 is 21.7 Å². The molecule has 0 unspecified atom stereocenters. The molecule has 0 heterocycles. The SMILES string of the molecule is CN(C)c1ccc(N(CCNC(=O)c2ccccc2F)S(C)(=O)=O)cc1. The molecule has 0 spiro atoms. The largest absolute Gasteiger partial charge is 0.378 e. The molecule has 1 N–H and O–H groups in total. The minimum absolute atomic E-state index is 0.0420. The fraction of sp³-hybridized carbons (Fsp3) is 0.278. The highest BCUT2D eigenvalue weighted by Gasteiger charge is 2.18. The first-order valence-corrected chi connectivity index (χ1v) is 9.83. The second-order valence-corrected chi connectivity index (χ2v) is 7.89. The number of anilines is 2. The number of carbonyl (C=O) groups is 1. The molecule has 26 heavy (non-hydrogen) atoms. The van der Waals surface area contributed by atoms with E-state index in [9.17, 15) is 17.6 Å². The molecule has 0 aliphatic rings. The third kappa shape index (κ3) is 4.95. The number of nitrogens with zero attached hydrogens (tertiary/aromatic N) is 2. The van der Waals surface area contributed by atoms with Gasteiger partial charge in [-0.05, 0) is 36.4 Å². The number of benzene rings is 2. The lowest BCUT2D eigenvalue weighted by molar-refractivity contribution is 0.0951. The Morgan fingerprint density at radius 1 is 1.04 bits per heavy atom. The van der Waals surface area contributed by atoms with E-state index in [0.29, 0.717) is 5.69 Å². The van der Waals surface area contributed by atoms with Gasteiger partial charge in [-0.15, -0.1) is 0 Å². The second-order valence-electron chi connectivity index (χ2n) is 5.98. The molecule has 140 valence electrons. The predicted molar refractivity (Wildman–Crippen MR) is 102 cm³/mol. The van der Waals surface area contributed by atoms with Gasteiger partial charge in [0.1, 0.15) is 5.82 Å². The van der Waals surface area contributed by atoms with Crippen LogP contribution in [0.3, 0.4) is 0 Å². The maximum Gasteiger partial charge on any atom is 0.254 e. The number of sulfonamides is 1. The molecule has 0 saturated carbocycles. The van der Waals surface area contributed by atoms with Gasteiger partial charge in [-0.1, -0.05) is 12.1 Å². The molecule has 0 aliphatic heterocycles. The molecule has 0 radical (unpaired) electrons. The maximum absolute atomic E-state index is 13.6. The van der Waals surface area contributed by atoms with Crippen LogP contribution in [0.4, 0.5) is 15.8 Å². The van der Waals surface area contributed by atoms with Crippen LogP contribution >= 0.6 is 0 Å². The number of hydrogen-bond donors (Lipinski definition) is 1. The minimum atomic E-state index is -3.53. The van der Waals surface area contributed by atoms with Gasteiger partial charge in [-0.25, -0.2) is 12.8 Å². The Bertz CT molecular complexity index is 868. The van der Waals surface area contributed by atoms with Crippen LogP contribution in [0, 0.1) is 5.82 Å². The smallest absolute Gasteiger partial charge is 0.254 e. The Kier molecular flexibility index (Phi) is 6.20. The van der Waals surface area contributed by atoms with Crippen LogP contribution in [-0.4, -0.2) is 47.8 Å². The molecule has 0 bridgehead atoms. The van der Waals surface area contributed by atoms with E-state index in [4.69, 9.17) is 0 Å². The highest BCUT2D eigenvalue weighted by Crippen LogP contribution is 2.21. The molecule has 0 aliphatic carbocycles. The van der Waals surface area contributed by atoms with E-state index in [1.807, 2.05) is 31.1 Å². The fourth-order valence-electron chi connectivity index (χ4n) is 2.41. The quantitative estimate of drug-likeness (QED) is 0.800. The van der Waals surface area contributed by atoms with Crippen molar-refractivity contribution in [3.05, 3.63) is 59.9 Å². The summed E-state index contributed by atoms with van der Waals surface area (Å²) in [6.45, 7) is 0.0933. The monoisotopic (exact) mass is 379 g/mol. The first-order chi connectivity index (χ1) is 12.2. The van der Waals surface area contributed by atoms with Gasteiger partial charge in [-0.2, -0.15) is 0 Å². The van der Waals surface area contributed by atoms with Gasteiger partial charge in [0.15, 0.2) is 0 Å². The third-order valence-corrected chi connectivity index (χ3v) is 4.97. The first kappa shape index (κ1) is 19.7. The lowest BCUT2D eigenvalue weighted by Crippen LogP contribution is -2.38. The van der Waals surface area contributed by atoms with E-state index in [1.54, 1.807) is 18.2 Å². The van der Waals surface area contributed by atoms with Crippen LogP contribution in [0.1, 0.15) is 10.4 Å². The van der Waals surface area contributed by atoms with Crippen LogP contribution in [0.2, 0.25) is 0 Å². The summed E-state index contributed by atoms with van der Waals surface area (Å²) in [5, 5.41) is 2.55. The van der Waals surface area contributed by atoms with Gasteiger partial charge in [0.05, 0.1) is 24.1 Å². The van der Waals surface area contributed by atoms with Gasteiger partial charge in [0.2, 0.25) is 10.0 Å². The molecule has 2 aromatic carbocycles. The Balaban J connectivity index is 2.07. The zero-order valence-electron chi connectivity index (χ0n) is 14.9. The molecule has 0 fully saturated rings. The van der Waals surface area contributed by atoms with Crippen LogP contribution in [0.5, 0.6) is 0 Å². The topological polar surface area (TPSA) is 69.7 Å². The third-order valence-electron chi connectivity index (χ3n) is 3.77. The van der Waals surface area contributed by atoms with Gasteiger partial charge < -0.3 is 10.2 Å². The number of carbonyl (C=O) groups excluding carboxylic acids is 1. The standard InChI is InChI=1S/C18H22FN3O3S/c1-21(2)14-8-10-15(11-9-14)22(26(3,24)25)13-12-20-18(23)16-6-4-5-7-17(16)19/h4-11H,12-13H2,1-3H3,(H,20,23). The van der Waals surface area contributed by atoms with Crippen molar-refractivity contribution < 1.29 is 17.6 Å². The Hall–Kier alpha value is -2.61. The average molecular weight is 379 g/mol. The van der Waals surface area contributed by atoms with Gasteiger partial charge in [-0.3, -0.25) is 9.10 Å². The van der Waals surface area contributed by atoms with Gasteiger partial charge >= 0.3 is 0 Å². The Labute approximate surface area is 153 Å². The molecule has 0 aromatic heterocycles. The second kappa shape index (κ2) is 8.18. The van der Waals surface area contributed by atoms with E-state index in [-0.39, 0.29) is 18.7 Å². The van der Waals surface area contributed by atoms with E-state index in [0.717, 1.165) is 11.9 Å². The zero-order chi connectivity index (χ0) is 19.3. The van der Waals surface area contributed by atoms with Crippen molar-refractivity contribution in [2.24, 2.45) is 0 Å². The molecule has 2 aromatic rings. The lowest BCUT2D eigenvalue weighted by Gasteiger charge is -2.23. The van der Waals surface area contributed by atoms with Crippen molar-refractivity contribution in [2.45, 2.75) is 0 Å². The number of amides is 1. The number of halogens is 1. The van der Waals surface area contributed by atoms with E-state index >= 15 is 0 Å². The molecule has 1 amide bonds. The van der Waals surface area contributed by atoms with Crippen LogP contribution in [0.25, 0.3) is 0 Å². The summed E-state index contributed by atoms with van der Waals surface area (Å²) in [6, 6.07) is 12.7. The van der Waals surface area contributed by atoms with E-state index in [1.165, 1.54) is 22.5 Å². The fourth-order valence-corrected chi connectivity index (χ4v) is 3.34. The summed E-state index contributed by atoms with van der Waals surface area (Å²) >= 11 is 0. The summed E-state index contributed by atoms with van der Waals surface area (Å²) < 4.78 is 39.0. The van der Waals surface area contributed by atoms with Crippen molar-refractivity contribution >= 4 is 27.3 Å². The van der Waals surface area contributed by atoms with Crippen molar-refractivity contribution in [3.63, 3.8) is 0 Å². The number of nitrogens with one attached hydrogen (secondary N) is 1. The predicted octanol–water partition coefficient (Wildman–Crippen LogP) is 2.09. The summed E-state index contributed by atoms with van der Waals surface area (Å²) in [4.78, 5) is 13.9. The molecular formula is C18H22FN3O3S. The van der Waals surface area contributed by atoms with Gasteiger partial charge in [0.25, 0.3) is 5.91 Å². The first-order valence-electron chi connectivity index (χ1n) is 7.98. The summed E-state index contributed by atoms with van der Waals surface area (Å²) in [5.74, 6) is -1.20. The summed E-state index contributed by atoms with van der Waals surface area (Å²) in [6.07, 6.45) is 1.10. The summed E-state index contributed by atoms with van der Waals surface area (Å²) in [7, 11) is 0.253. The minimum Gasteiger partial charge on any atom is -0.378 e. The van der Waals surface area contributed by atoms with Crippen LogP contribution in [-0.2, 0) is 10.0 Å². The summed E-state index contributed by atoms with van der Waals surface area (Å²) in [5.41, 5.74) is 1.36. The Morgan fingerprint density at radius 2 is 1.62 bits per heavy atom. The molecule has 6 nitrogen and oxygen atoms in total. The van der Waals surface area contributed by atoms with Crippen LogP contribution in [0.15, 0.2) is 48.5 Å². The molecule has 0 atom stereocenters. The Morgan fingerprint density at radius 3 is 2.15 bits per heavy atom. The molecular weight excluding hydrogens is 357 g/mol. The number of hydrogen-bond acceptors (Lipinski definition) is 4. The van der Waals surface area contributed by atoms with Gasteiger partial charge in [0, 0.05) is 26.3 Å². The van der Waals surface area contributed by atoms with Crippen molar-refractivity contribution in [1.82, 2.24) is 5.32 Å². The highest BCUT2D eigenvalue weighted by molar-refractivity contribution is 7.92. The molecule has 8 heteroatoms. The van der Waals surface area contributed by atoms with Crippen LogP contribution < -0.4 is 14.5 Å². The molecule has 0 saturated heterocycles. The zero-order valence-corrected chi connectivity index (χ0v) is 15.8. The lowest BCUT2D eigenvalue weighted by atomic mass is 10.2. The average Bonchev–Trinajstić information content (AvgIpc) is 2.58. The van der Waals surface area contributed by atoms with Crippen molar-refractivity contribution in [1.29, 1.82) is 0 Å². The molecule has 2 rings (SSSR count). The van der Waals surface area contributed by atoms with Crippen molar-refractivity contribution in [2.75, 3.05) is 42.6 Å². The maximum atomic E-state index is 13.6. The highest BCUT2D eigenvalue weighted by atomic mass is 32.2. The normalized spacial score (nSPS) is 11.1. The van der Waals surface area contributed by atoms with E-state index in [2.05, 4.69) is 5.32 Å². The number of rotatable bonds is 7. The van der Waals surface area contributed by atoms with Crippen molar-refractivity contribution in [3.8, 4) is 0 Å².